The van der Waals surface area contributed by atoms with Crippen molar-refractivity contribution < 1.29 is 14.3 Å². The Hall–Kier alpha value is -2.88. The van der Waals surface area contributed by atoms with E-state index < -0.39 is 0 Å². The molecule has 1 aliphatic carbocycles. The molecule has 0 saturated carbocycles. The maximum absolute atomic E-state index is 11.9. The van der Waals surface area contributed by atoms with Crippen molar-refractivity contribution in [2.75, 3.05) is 12.4 Å². The molecule has 0 unspecified atom stereocenters. The van der Waals surface area contributed by atoms with Gasteiger partial charge in [0.05, 0.1) is 12.7 Å². The number of carbonyl (C=O) groups excluding carboxylic acids is 2. The normalized spacial score (nSPS) is 15.2. The number of rotatable bonds is 4. The molecule has 0 aliphatic heterocycles. The molecule has 0 aromatic heterocycles. The quantitative estimate of drug-likeness (QED) is 0.809. The van der Waals surface area contributed by atoms with Crippen molar-refractivity contribution in [3.63, 3.8) is 0 Å². The second-order valence-corrected chi connectivity index (χ2v) is 7.21. The van der Waals surface area contributed by atoms with Crippen LogP contribution in [-0.2, 0) is 9.53 Å². The fourth-order valence-electron chi connectivity index (χ4n) is 3.68. The predicted molar refractivity (Wildman–Crippen MR) is 104 cm³/mol. The Morgan fingerprint density at radius 1 is 1.08 bits per heavy atom. The van der Waals surface area contributed by atoms with Crippen LogP contribution in [-0.4, -0.2) is 19.0 Å². The largest absolute Gasteiger partial charge is 0.465 e. The molecule has 0 saturated heterocycles. The summed E-state index contributed by atoms with van der Waals surface area (Å²) in [7, 11) is 1.39. The number of allylic oxidation sites excluding steroid dienone is 2. The minimum Gasteiger partial charge on any atom is -0.465 e. The standard InChI is InChI=1S/C22H23NO3/c1-14(24)23-19-11-6-5-10-17(19)18-13-22(2,3)20(18)15-8-7-9-16(12-15)21(25)26-4/h5-12H,13H2,1-4H3,(H,23,24). The SMILES string of the molecule is COC(=O)c1cccc(C2=C(c3ccccc3NC(C)=O)CC2(C)C)c1. The van der Waals surface area contributed by atoms with Gasteiger partial charge in [-0.1, -0.05) is 44.2 Å². The van der Waals surface area contributed by atoms with Crippen LogP contribution < -0.4 is 5.32 Å². The minimum absolute atomic E-state index is 0.00654. The van der Waals surface area contributed by atoms with Gasteiger partial charge in [0.15, 0.2) is 0 Å². The van der Waals surface area contributed by atoms with Crippen molar-refractivity contribution in [2.24, 2.45) is 5.41 Å². The number of benzene rings is 2. The average Bonchev–Trinajstić information content (AvgIpc) is 2.59. The zero-order valence-electron chi connectivity index (χ0n) is 15.6. The smallest absolute Gasteiger partial charge is 0.337 e. The Labute approximate surface area is 153 Å². The first-order valence-electron chi connectivity index (χ1n) is 8.63. The van der Waals surface area contributed by atoms with Gasteiger partial charge in [-0.15, -0.1) is 0 Å². The predicted octanol–water partition coefficient (Wildman–Crippen LogP) is 4.77. The summed E-state index contributed by atoms with van der Waals surface area (Å²) in [5.41, 5.74) is 5.77. The first-order chi connectivity index (χ1) is 12.3. The monoisotopic (exact) mass is 349 g/mol. The van der Waals surface area contributed by atoms with E-state index >= 15 is 0 Å². The summed E-state index contributed by atoms with van der Waals surface area (Å²) in [6, 6.07) is 15.4. The minimum atomic E-state index is -0.343. The van der Waals surface area contributed by atoms with E-state index in [-0.39, 0.29) is 17.3 Å². The van der Waals surface area contributed by atoms with E-state index in [0.29, 0.717) is 5.56 Å². The maximum atomic E-state index is 11.9. The number of carbonyl (C=O) groups is 2. The van der Waals surface area contributed by atoms with Crippen molar-refractivity contribution in [2.45, 2.75) is 27.2 Å². The number of hydrogen-bond donors (Lipinski definition) is 1. The molecular weight excluding hydrogens is 326 g/mol. The van der Waals surface area contributed by atoms with Gasteiger partial charge in [-0.05, 0) is 46.7 Å². The van der Waals surface area contributed by atoms with Crippen LogP contribution in [0.5, 0.6) is 0 Å². The molecular formula is C22H23NO3. The van der Waals surface area contributed by atoms with Gasteiger partial charge in [-0.25, -0.2) is 4.79 Å². The van der Waals surface area contributed by atoms with Gasteiger partial charge in [0, 0.05) is 18.2 Å². The van der Waals surface area contributed by atoms with Gasteiger partial charge in [0.1, 0.15) is 0 Å². The number of esters is 1. The van der Waals surface area contributed by atoms with E-state index in [1.807, 2.05) is 42.5 Å². The highest BCUT2D eigenvalue weighted by Gasteiger charge is 2.39. The van der Waals surface area contributed by atoms with Crippen molar-refractivity contribution in [1.29, 1.82) is 0 Å². The fourth-order valence-corrected chi connectivity index (χ4v) is 3.68. The molecule has 26 heavy (non-hydrogen) atoms. The molecule has 3 rings (SSSR count). The Balaban J connectivity index is 2.13. The lowest BCUT2D eigenvalue weighted by molar-refractivity contribution is -0.114. The third kappa shape index (κ3) is 3.27. The number of amides is 1. The molecule has 0 spiro atoms. The van der Waals surface area contributed by atoms with Crippen molar-refractivity contribution in [1.82, 2.24) is 0 Å². The average molecular weight is 349 g/mol. The third-order valence-corrected chi connectivity index (χ3v) is 4.73. The van der Waals surface area contributed by atoms with Gasteiger partial charge in [-0.2, -0.15) is 0 Å². The molecule has 134 valence electrons. The summed E-state index contributed by atoms with van der Waals surface area (Å²) >= 11 is 0. The fraction of sp³-hybridized carbons (Fsp3) is 0.273. The van der Waals surface area contributed by atoms with Crippen LogP contribution in [0.15, 0.2) is 48.5 Å². The van der Waals surface area contributed by atoms with Crippen LogP contribution in [0, 0.1) is 5.41 Å². The summed E-state index contributed by atoms with van der Waals surface area (Å²) in [5, 5.41) is 2.91. The van der Waals surface area contributed by atoms with Crippen LogP contribution in [0.1, 0.15) is 48.7 Å². The molecule has 0 radical (unpaired) electrons. The van der Waals surface area contributed by atoms with Crippen LogP contribution in [0.3, 0.4) is 0 Å². The second-order valence-electron chi connectivity index (χ2n) is 7.21. The van der Waals surface area contributed by atoms with Gasteiger partial charge < -0.3 is 10.1 Å². The van der Waals surface area contributed by atoms with E-state index in [1.165, 1.54) is 25.2 Å². The van der Waals surface area contributed by atoms with Crippen LogP contribution in [0.25, 0.3) is 11.1 Å². The topological polar surface area (TPSA) is 55.4 Å². The highest BCUT2D eigenvalue weighted by molar-refractivity contribution is 6.05. The molecule has 0 bridgehead atoms. The molecule has 1 N–H and O–H groups in total. The number of para-hydroxylation sites is 1. The van der Waals surface area contributed by atoms with E-state index in [2.05, 4.69) is 19.2 Å². The number of anilines is 1. The Kier molecular flexibility index (Phi) is 4.68. The van der Waals surface area contributed by atoms with Crippen molar-refractivity contribution in [3.8, 4) is 0 Å². The Morgan fingerprint density at radius 3 is 2.46 bits per heavy atom. The van der Waals surface area contributed by atoms with E-state index in [0.717, 1.165) is 23.2 Å². The molecule has 1 aliphatic rings. The van der Waals surface area contributed by atoms with Gasteiger partial charge >= 0.3 is 5.97 Å². The molecule has 4 nitrogen and oxygen atoms in total. The molecule has 0 fully saturated rings. The summed E-state index contributed by atoms with van der Waals surface area (Å²) < 4.78 is 4.85. The highest BCUT2D eigenvalue weighted by atomic mass is 16.5. The lowest BCUT2D eigenvalue weighted by atomic mass is 9.62. The van der Waals surface area contributed by atoms with Crippen molar-refractivity contribution in [3.05, 3.63) is 65.2 Å². The van der Waals surface area contributed by atoms with Crippen LogP contribution >= 0.6 is 0 Å². The van der Waals surface area contributed by atoms with Gasteiger partial charge in [-0.3, -0.25) is 4.79 Å². The third-order valence-electron chi connectivity index (χ3n) is 4.73. The summed E-state index contributed by atoms with van der Waals surface area (Å²) in [4.78, 5) is 23.4. The molecule has 1 amide bonds. The number of ether oxygens (including phenoxy) is 1. The summed E-state index contributed by atoms with van der Waals surface area (Å²) in [5.74, 6) is -0.435. The van der Waals surface area contributed by atoms with E-state index in [9.17, 15) is 9.59 Å². The molecule has 4 heteroatoms. The molecule has 0 atom stereocenters. The molecule has 0 heterocycles. The second kappa shape index (κ2) is 6.79. The van der Waals surface area contributed by atoms with Gasteiger partial charge in [0.25, 0.3) is 0 Å². The Morgan fingerprint density at radius 2 is 1.81 bits per heavy atom. The molecule has 2 aromatic rings. The summed E-state index contributed by atoms with van der Waals surface area (Å²) in [6.07, 6.45) is 0.904. The summed E-state index contributed by atoms with van der Waals surface area (Å²) in [6.45, 7) is 5.89. The zero-order chi connectivity index (χ0) is 18.9. The lowest BCUT2D eigenvalue weighted by Crippen LogP contribution is -2.26. The maximum Gasteiger partial charge on any atom is 0.337 e. The van der Waals surface area contributed by atoms with Crippen LogP contribution in [0.4, 0.5) is 5.69 Å². The first-order valence-corrected chi connectivity index (χ1v) is 8.63. The van der Waals surface area contributed by atoms with E-state index in [1.54, 1.807) is 6.07 Å². The lowest BCUT2D eigenvalue weighted by Gasteiger charge is -2.42. The zero-order valence-corrected chi connectivity index (χ0v) is 15.6. The number of methoxy groups -OCH3 is 1. The van der Waals surface area contributed by atoms with Crippen molar-refractivity contribution >= 4 is 28.7 Å². The first kappa shape index (κ1) is 17.9. The molecule has 2 aromatic carbocycles. The van der Waals surface area contributed by atoms with Crippen LogP contribution in [0.2, 0.25) is 0 Å². The number of nitrogens with one attached hydrogen (secondary N) is 1. The van der Waals surface area contributed by atoms with Gasteiger partial charge in [0.2, 0.25) is 5.91 Å². The Bertz CT molecular complexity index is 909. The number of hydrogen-bond acceptors (Lipinski definition) is 3. The van der Waals surface area contributed by atoms with E-state index in [4.69, 9.17) is 4.74 Å². The highest BCUT2D eigenvalue weighted by Crippen LogP contribution is 2.56.